The molecule has 0 saturated carbocycles. The fraction of sp³-hybridized carbons (Fsp3) is 0.455. The Hall–Kier alpha value is -0.690. The summed E-state index contributed by atoms with van der Waals surface area (Å²) in [5.41, 5.74) is 0.448. The van der Waals surface area contributed by atoms with Gasteiger partial charge in [0.25, 0.3) is 0 Å². The van der Waals surface area contributed by atoms with Crippen LogP contribution in [0.1, 0.15) is 5.56 Å². The van der Waals surface area contributed by atoms with Crippen molar-refractivity contribution >= 4 is 22.4 Å². The molecule has 1 aliphatic heterocycles. The summed E-state index contributed by atoms with van der Waals surface area (Å²) in [4.78, 5) is 0.0301. The fourth-order valence-corrected chi connectivity index (χ4v) is 3.22. The highest BCUT2D eigenvalue weighted by Gasteiger charge is 2.26. The Morgan fingerprint density at radius 3 is 2.44 bits per heavy atom. The molecule has 1 saturated heterocycles. The Morgan fingerprint density at radius 1 is 1.28 bits per heavy atom. The van der Waals surface area contributed by atoms with Crippen molar-refractivity contribution in [2.24, 2.45) is 0 Å². The van der Waals surface area contributed by atoms with Crippen molar-refractivity contribution in [3.63, 3.8) is 0 Å². The fourth-order valence-electron chi connectivity index (χ4n) is 1.77. The van der Waals surface area contributed by atoms with Gasteiger partial charge in [0.15, 0.2) is 0 Å². The number of rotatable bonds is 2. The molecule has 0 atom stereocenters. The lowest BCUT2D eigenvalue weighted by Gasteiger charge is -2.26. The third kappa shape index (κ3) is 3.00. The Morgan fingerprint density at radius 2 is 1.89 bits per heavy atom. The monoisotopic (exact) mass is 294 g/mol. The first-order valence-corrected chi connectivity index (χ1v) is 6.93. The maximum absolute atomic E-state index is 13.4. The third-order valence-corrected chi connectivity index (χ3v) is 4.75. The van der Waals surface area contributed by atoms with E-state index >= 15 is 0 Å². The summed E-state index contributed by atoms with van der Waals surface area (Å²) in [7, 11) is -3.55. The van der Waals surface area contributed by atoms with Crippen LogP contribution in [0.2, 0.25) is 0 Å². The second kappa shape index (κ2) is 5.97. The van der Waals surface area contributed by atoms with Crippen molar-refractivity contribution < 1.29 is 12.8 Å². The number of sulfonamides is 1. The van der Waals surface area contributed by atoms with Gasteiger partial charge in [-0.2, -0.15) is 4.31 Å². The van der Waals surface area contributed by atoms with E-state index in [4.69, 9.17) is 0 Å². The van der Waals surface area contributed by atoms with E-state index in [1.807, 2.05) is 0 Å². The van der Waals surface area contributed by atoms with Gasteiger partial charge in [-0.15, -0.1) is 12.4 Å². The molecule has 1 aromatic rings. The summed E-state index contributed by atoms with van der Waals surface area (Å²) in [6, 6.07) is 4.03. The molecule has 1 fully saturated rings. The SMILES string of the molecule is Cc1ccc(S(=O)(=O)N2CCNCC2)cc1F.Cl. The molecule has 7 heteroatoms. The summed E-state index contributed by atoms with van der Waals surface area (Å²) in [5, 5.41) is 3.08. The highest BCUT2D eigenvalue weighted by Crippen LogP contribution is 2.18. The molecular weight excluding hydrogens is 279 g/mol. The van der Waals surface area contributed by atoms with E-state index in [2.05, 4.69) is 5.32 Å². The van der Waals surface area contributed by atoms with Gasteiger partial charge in [-0.05, 0) is 24.6 Å². The molecule has 1 N–H and O–H groups in total. The molecule has 18 heavy (non-hydrogen) atoms. The zero-order valence-electron chi connectivity index (χ0n) is 10.0. The quantitative estimate of drug-likeness (QED) is 0.890. The second-order valence-electron chi connectivity index (χ2n) is 4.07. The number of nitrogens with zero attached hydrogens (tertiary/aromatic N) is 1. The molecule has 0 unspecified atom stereocenters. The maximum Gasteiger partial charge on any atom is 0.243 e. The lowest BCUT2D eigenvalue weighted by molar-refractivity contribution is 0.360. The van der Waals surface area contributed by atoms with Crippen molar-refractivity contribution in [3.8, 4) is 0 Å². The topological polar surface area (TPSA) is 49.4 Å². The van der Waals surface area contributed by atoms with Crippen molar-refractivity contribution in [1.29, 1.82) is 0 Å². The van der Waals surface area contributed by atoms with E-state index in [1.165, 1.54) is 16.4 Å². The molecule has 0 aromatic heterocycles. The van der Waals surface area contributed by atoms with Gasteiger partial charge in [0.2, 0.25) is 10.0 Å². The van der Waals surface area contributed by atoms with Crippen LogP contribution in [0.3, 0.4) is 0 Å². The van der Waals surface area contributed by atoms with E-state index in [-0.39, 0.29) is 17.3 Å². The van der Waals surface area contributed by atoms with Crippen LogP contribution in [-0.4, -0.2) is 38.9 Å². The Kier molecular flexibility index (Phi) is 5.10. The van der Waals surface area contributed by atoms with Gasteiger partial charge < -0.3 is 5.32 Å². The highest BCUT2D eigenvalue weighted by molar-refractivity contribution is 7.89. The number of hydrogen-bond acceptors (Lipinski definition) is 3. The van der Waals surface area contributed by atoms with E-state index in [9.17, 15) is 12.8 Å². The minimum atomic E-state index is -3.55. The summed E-state index contributed by atoms with van der Waals surface area (Å²) in [6.45, 7) is 3.73. The number of nitrogens with one attached hydrogen (secondary N) is 1. The van der Waals surface area contributed by atoms with Crippen molar-refractivity contribution in [2.45, 2.75) is 11.8 Å². The largest absolute Gasteiger partial charge is 0.314 e. The van der Waals surface area contributed by atoms with Gasteiger partial charge in [0.05, 0.1) is 4.90 Å². The molecule has 0 radical (unpaired) electrons. The standard InChI is InChI=1S/C11H15FN2O2S.ClH/c1-9-2-3-10(8-11(9)12)17(15,16)14-6-4-13-5-7-14;/h2-3,8,13H,4-7H2,1H3;1H. The van der Waals surface area contributed by atoms with Crippen LogP contribution in [0.25, 0.3) is 0 Å². The first-order valence-electron chi connectivity index (χ1n) is 5.49. The summed E-state index contributed by atoms with van der Waals surface area (Å²) in [6.07, 6.45) is 0. The smallest absolute Gasteiger partial charge is 0.243 e. The van der Waals surface area contributed by atoms with Crippen molar-refractivity contribution in [1.82, 2.24) is 9.62 Å². The van der Waals surface area contributed by atoms with Crippen molar-refractivity contribution in [2.75, 3.05) is 26.2 Å². The van der Waals surface area contributed by atoms with Crippen molar-refractivity contribution in [3.05, 3.63) is 29.6 Å². The molecule has 1 heterocycles. The van der Waals surface area contributed by atoms with Crippen LogP contribution < -0.4 is 5.32 Å². The predicted molar refractivity (Wildman–Crippen MR) is 70.0 cm³/mol. The summed E-state index contributed by atoms with van der Waals surface area (Å²) < 4.78 is 39.1. The minimum absolute atomic E-state index is 0. The average Bonchev–Trinajstić information content (AvgIpc) is 2.33. The number of aryl methyl sites for hydroxylation is 1. The van der Waals surface area contributed by atoms with E-state index in [0.29, 0.717) is 31.7 Å². The highest BCUT2D eigenvalue weighted by atomic mass is 35.5. The maximum atomic E-state index is 13.4. The molecule has 4 nitrogen and oxygen atoms in total. The van der Waals surface area contributed by atoms with Crippen LogP contribution in [0.4, 0.5) is 4.39 Å². The van der Waals surface area contributed by atoms with Crippen LogP contribution >= 0.6 is 12.4 Å². The molecule has 0 aliphatic carbocycles. The Balaban J connectivity index is 0.00000162. The average molecular weight is 295 g/mol. The van der Waals surface area contributed by atoms with Gasteiger partial charge in [0, 0.05) is 26.2 Å². The summed E-state index contributed by atoms with van der Waals surface area (Å²) >= 11 is 0. The molecule has 1 aliphatic rings. The number of piperazine rings is 1. The zero-order chi connectivity index (χ0) is 12.5. The van der Waals surface area contributed by atoms with Crippen LogP contribution in [0, 0.1) is 12.7 Å². The first-order chi connectivity index (χ1) is 8.01. The molecule has 2 rings (SSSR count). The van der Waals surface area contributed by atoms with Crippen LogP contribution in [0.5, 0.6) is 0 Å². The van der Waals surface area contributed by atoms with Gasteiger partial charge in [0.1, 0.15) is 5.82 Å². The van der Waals surface area contributed by atoms with Gasteiger partial charge in [-0.1, -0.05) is 6.07 Å². The minimum Gasteiger partial charge on any atom is -0.314 e. The van der Waals surface area contributed by atoms with Crippen LogP contribution in [-0.2, 0) is 10.0 Å². The number of benzene rings is 1. The second-order valence-corrected chi connectivity index (χ2v) is 6.00. The Labute approximate surface area is 113 Å². The molecule has 0 spiro atoms. The zero-order valence-corrected chi connectivity index (χ0v) is 11.7. The molecule has 0 bridgehead atoms. The lowest BCUT2D eigenvalue weighted by atomic mass is 10.2. The Bertz CT molecular complexity index is 516. The van der Waals surface area contributed by atoms with E-state index < -0.39 is 15.8 Å². The molecule has 102 valence electrons. The molecule has 0 amide bonds. The lowest BCUT2D eigenvalue weighted by Crippen LogP contribution is -2.46. The first kappa shape index (κ1) is 15.4. The molecular formula is C11H16ClFN2O2S. The normalized spacial score (nSPS) is 17.2. The van der Waals surface area contributed by atoms with Crippen LogP contribution in [0.15, 0.2) is 23.1 Å². The van der Waals surface area contributed by atoms with Gasteiger partial charge in [-0.3, -0.25) is 0 Å². The number of halogens is 2. The molecule has 1 aromatic carbocycles. The number of hydrogen-bond donors (Lipinski definition) is 1. The third-order valence-electron chi connectivity index (χ3n) is 2.86. The predicted octanol–water partition coefficient (Wildman–Crippen LogP) is 1.15. The van der Waals surface area contributed by atoms with Gasteiger partial charge in [-0.25, -0.2) is 12.8 Å². The van der Waals surface area contributed by atoms with Gasteiger partial charge >= 0.3 is 0 Å². The van der Waals surface area contributed by atoms with E-state index in [0.717, 1.165) is 6.07 Å². The summed E-state index contributed by atoms with van der Waals surface area (Å²) in [5.74, 6) is -0.485. The van der Waals surface area contributed by atoms with E-state index in [1.54, 1.807) is 6.92 Å².